The Morgan fingerprint density at radius 3 is 0.500 bits per heavy atom. The van der Waals surface area contributed by atoms with Crippen molar-refractivity contribution in [2.75, 3.05) is 20.0 Å². The van der Waals surface area contributed by atoms with E-state index in [1.165, 1.54) is 0 Å². The molecule has 0 bridgehead atoms. The third-order valence-corrected chi connectivity index (χ3v) is 2.68. The summed E-state index contributed by atoms with van der Waals surface area (Å²) in [5.41, 5.74) is 0. The molecule has 0 aliphatic rings. The first-order valence-corrected chi connectivity index (χ1v) is 10.4. The van der Waals surface area contributed by atoms with Crippen LogP contribution in [0.2, 0.25) is 0 Å². The molecule has 0 fully saturated rings. The largest absolute Gasteiger partial charge is 0.678 e. The summed E-state index contributed by atoms with van der Waals surface area (Å²) in [6.45, 7) is 26.8. The fourth-order valence-corrected chi connectivity index (χ4v) is 1.12. The van der Waals surface area contributed by atoms with Crippen LogP contribution in [-0.4, -0.2) is 56.3 Å². The van der Waals surface area contributed by atoms with Gasteiger partial charge in [0.2, 0.25) is 0 Å². The second-order valence-electron chi connectivity index (χ2n) is 8.08. The second-order valence-corrected chi connectivity index (χ2v) is 8.08. The molecule has 0 saturated heterocycles. The Bertz CT molecular complexity index is 205. The van der Waals surface area contributed by atoms with Crippen LogP contribution in [0.25, 0.3) is 31.9 Å². The van der Waals surface area contributed by atoms with Gasteiger partial charge in [-0.15, -0.1) is 36.3 Å². The van der Waals surface area contributed by atoms with E-state index in [1.54, 1.807) is 0 Å². The first-order valence-electron chi connectivity index (χ1n) is 10.4. The van der Waals surface area contributed by atoms with E-state index in [4.69, 9.17) is 0 Å². The van der Waals surface area contributed by atoms with E-state index in [0.29, 0.717) is 56.3 Å². The Labute approximate surface area is 210 Å². The Kier molecular flexibility index (Phi) is 34.0. The van der Waals surface area contributed by atoms with Gasteiger partial charge in [0.05, 0.1) is 0 Å². The van der Waals surface area contributed by atoms with Crippen LogP contribution in [0.3, 0.4) is 0 Å². The summed E-state index contributed by atoms with van der Waals surface area (Å²) in [4.78, 5) is 0. The molecule has 0 amide bonds. The van der Waals surface area contributed by atoms with E-state index in [-0.39, 0.29) is 39.9 Å². The van der Waals surface area contributed by atoms with E-state index in [1.807, 2.05) is 0 Å². The van der Waals surface area contributed by atoms with Crippen molar-refractivity contribution < 1.29 is 39.9 Å². The van der Waals surface area contributed by atoms with E-state index in [9.17, 15) is 0 Å². The molecule has 0 spiro atoms. The molecule has 0 radical (unpaired) electrons. The van der Waals surface area contributed by atoms with Crippen molar-refractivity contribution in [3.63, 3.8) is 0 Å². The molecular weight excluding hydrogens is 494 g/mol. The normalized spacial score (nSPS) is 10.9. The van der Waals surface area contributed by atoms with Crippen molar-refractivity contribution in [3.8, 4) is 0 Å². The maximum atomic E-state index is 4.20. The minimum absolute atomic E-state index is 0. The van der Waals surface area contributed by atoms with Crippen molar-refractivity contribution >= 4 is 0 Å². The molecule has 0 aromatic carbocycles. The molecule has 176 valence electrons. The Balaban J connectivity index is -0.000000152. The third-order valence-electron chi connectivity index (χ3n) is 2.68. The van der Waals surface area contributed by atoms with Gasteiger partial charge in [-0.1, -0.05) is 83.1 Å². The average molecular weight is 542 g/mol. The topological polar surface area (TPSA) is 84.6 Å². The summed E-state index contributed by atoms with van der Waals surface area (Å²) in [6.07, 6.45) is 0. The molecule has 0 heterocycles. The van der Waals surface area contributed by atoms with Gasteiger partial charge in [0, 0.05) is 39.9 Å². The maximum absolute atomic E-state index is 4.20. The van der Waals surface area contributed by atoms with Gasteiger partial charge in [0.25, 0.3) is 0 Å². The van der Waals surface area contributed by atoms with E-state index < -0.39 is 0 Å². The monoisotopic (exact) mass is 542 g/mol. The average Bonchev–Trinajstić information content (AvgIpc) is 2.46. The predicted octanol–water partition coefficient (Wildman–Crippen LogP) is 7.52. The minimum Gasteiger partial charge on any atom is -0.678 e. The molecule has 28 heavy (non-hydrogen) atoms. The van der Waals surface area contributed by atoms with Gasteiger partial charge in [0.15, 0.2) is 0 Å². The zero-order chi connectivity index (χ0) is 21.8. The second kappa shape index (κ2) is 26.1. The molecule has 0 aromatic rings. The van der Waals surface area contributed by atoms with Gasteiger partial charge in [-0.25, -0.2) is 0 Å². The van der Waals surface area contributed by atoms with Crippen LogP contribution in [0.15, 0.2) is 0 Å². The molecule has 0 aromatic heterocycles. The Hall–Kier alpha value is 1.08. The summed E-state index contributed by atoms with van der Waals surface area (Å²) in [7, 11) is 0. The van der Waals surface area contributed by atoms with Crippen LogP contribution < -0.4 is 0 Å². The van der Waals surface area contributed by atoms with Crippen LogP contribution in [0.5, 0.6) is 0 Å². The SMILES string of the molecule is CC(C)[N-]C[N-]C(C)C.CC(C)[N-]C[N-]C(C)C.CC(C)[N-]C[N-]C(C)C.[Gd]. The molecular formula is C21H48GdN6-6. The van der Waals surface area contributed by atoms with Crippen LogP contribution in [-0.2, 0) is 0 Å². The van der Waals surface area contributed by atoms with Gasteiger partial charge < -0.3 is 31.9 Å². The van der Waals surface area contributed by atoms with E-state index in [0.717, 1.165) is 0 Å². The van der Waals surface area contributed by atoms with Crippen LogP contribution in [0.1, 0.15) is 83.1 Å². The van der Waals surface area contributed by atoms with E-state index in [2.05, 4.69) is 115 Å². The van der Waals surface area contributed by atoms with Gasteiger partial charge in [0.1, 0.15) is 0 Å². The number of hydrogen-bond acceptors (Lipinski definition) is 0. The van der Waals surface area contributed by atoms with Gasteiger partial charge in [-0.2, -0.15) is 0 Å². The molecule has 0 unspecified atom stereocenters. The zero-order valence-electron chi connectivity index (χ0n) is 20.6. The molecule has 0 N–H and O–H groups in total. The summed E-state index contributed by atoms with van der Waals surface area (Å²) in [5, 5.41) is 25.2. The predicted molar refractivity (Wildman–Crippen MR) is 126 cm³/mol. The molecule has 6 nitrogen and oxygen atoms in total. The fraction of sp³-hybridized carbons (Fsp3) is 1.00. The van der Waals surface area contributed by atoms with Crippen molar-refractivity contribution in [3.05, 3.63) is 31.9 Å². The molecule has 0 rings (SSSR count). The number of rotatable bonds is 12. The first-order chi connectivity index (χ1) is 12.4. The molecule has 0 aliphatic carbocycles. The summed E-state index contributed by atoms with van der Waals surface area (Å²) in [5.74, 6) is 0. The number of hydrogen-bond donors (Lipinski definition) is 0. The van der Waals surface area contributed by atoms with E-state index >= 15 is 0 Å². The van der Waals surface area contributed by atoms with Crippen molar-refractivity contribution in [2.45, 2.75) is 119 Å². The number of nitrogens with zero attached hydrogens (tertiary/aromatic N) is 6. The van der Waals surface area contributed by atoms with Crippen molar-refractivity contribution in [2.24, 2.45) is 0 Å². The molecule has 0 saturated carbocycles. The summed E-state index contributed by atoms with van der Waals surface area (Å²) >= 11 is 0. The summed E-state index contributed by atoms with van der Waals surface area (Å²) < 4.78 is 0. The van der Waals surface area contributed by atoms with Gasteiger partial charge in [-0.3, -0.25) is 20.0 Å². The fourth-order valence-electron chi connectivity index (χ4n) is 1.12. The Morgan fingerprint density at radius 2 is 0.429 bits per heavy atom. The molecule has 7 heteroatoms. The summed E-state index contributed by atoms with van der Waals surface area (Å²) in [6, 6.07) is 2.54. The minimum atomic E-state index is 0. The quantitative estimate of drug-likeness (QED) is 0.245. The van der Waals surface area contributed by atoms with Crippen LogP contribution >= 0.6 is 0 Å². The van der Waals surface area contributed by atoms with Gasteiger partial charge in [-0.05, 0) is 0 Å². The van der Waals surface area contributed by atoms with Crippen LogP contribution in [0.4, 0.5) is 0 Å². The van der Waals surface area contributed by atoms with Crippen LogP contribution in [0, 0.1) is 39.9 Å². The van der Waals surface area contributed by atoms with Crippen molar-refractivity contribution in [1.82, 2.24) is 0 Å². The zero-order valence-corrected chi connectivity index (χ0v) is 22.9. The standard InChI is InChI=1S/3C7H16N2.Gd/c3*1-6(2)8-5-9-7(3)4;/h3*6-7H,5H2,1-4H3;/q3*-2;. The smallest absolute Gasteiger partial charge is 0 e. The third kappa shape index (κ3) is 50.6. The maximum Gasteiger partial charge on any atom is 0 e. The van der Waals surface area contributed by atoms with Gasteiger partial charge >= 0.3 is 0 Å². The molecule has 0 atom stereocenters. The van der Waals surface area contributed by atoms with Crippen molar-refractivity contribution in [1.29, 1.82) is 0 Å². The first kappa shape index (κ1) is 36.5. The molecule has 0 aliphatic heterocycles. The Morgan fingerprint density at radius 1 is 0.321 bits per heavy atom.